The molecule has 0 radical (unpaired) electrons. The van der Waals surface area contributed by atoms with Gasteiger partial charge in [-0.05, 0) is 50.8 Å². The van der Waals surface area contributed by atoms with Crippen molar-refractivity contribution in [2.45, 2.75) is 39.5 Å². The molecule has 1 aliphatic rings. The van der Waals surface area contributed by atoms with Crippen LogP contribution in [0.5, 0.6) is 0 Å². The molecule has 116 valence electrons. The minimum Gasteiger partial charge on any atom is -0.397 e. The van der Waals surface area contributed by atoms with Crippen LogP contribution in [-0.4, -0.2) is 37.0 Å². The Hall–Kier alpha value is -1.71. The Bertz CT molecular complexity index is 477. The standard InChI is InChI=1S/C17H27N3O/c1-3-19(4-2)17(21)10-8-14-7-9-16(15(18)13-14)20-11-5-6-12-20/h7,9,13H,3-6,8,10-12,18H2,1-2H3. The number of nitrogens with two attached hydrogens (primary N) is 1. The molecule has 1 saturated heterocycles. The number of aryl methyl sites for hydroxylation is 1. The molecule has 0 unspecified atom stereocenters. The fraction of sp³-hybridized carbons (Fsp3) is 0.588. The molecule has 0 aliphatic carbocycles. The number of benzene rings is 1. The van der Waals surface area contributed by atoms with Gasteiger partial charge in [-0.2, -0.15) is 0 Å². The molecule has 2 N–H and O–H groups in total. The monoisotopic (exact) mass is 289 g/mol. The van der Waals surface area contributed by atoms with E-state index in [1.54, 1.807) is 0 Å². The Labute approximate surface area is 127 Å². The molecule has 1 fully saturated rings. The van der Waals surface area contributed by atoms with Crippen LogP contribution in [0.4, 0.5) is 11.4 Å². The highest BCUT2D eigenvalue weighted by Crippen LogP contribution is 2.27. The van der Waals surface area contributed by atoms with Crippen LogP contribution in [0.1, 0.15) is 38.7 Å². The summed E-state index contributed by atoms with van der Waals surface area (Å²) >= 11 is 0. The summed E-state index contributed by atoms with van der Waals surface area (Å²) in [5.41, 5.74) is 9.31. The summed E-state index contributed by atoms with van der Waals surface area (Å²) in [5.74, 6) is 0.224. The van der Waals surface area contributed by atoms with E-state index in [9.17, 15) is 4.79 Å². The highest BCUT2D eigenvalue weighted by atomic mass is 16.2. The van der Waals surface area contributed by atoms with E-state index in [-0.39, 0.29) is 5.91 Å². The molecule has 0 spiro atoms. The number of nitrogen functional groups attached to an aromatic ring is 1. The van der Waals surface area contributed by atoms with E-state index in [1.807, 2.05) is 24.8 Å². The molecule has 4 nitrogen and oxygen atoms in total. The summed E-state index contributed by atoms with van der Waals surface area (Å²) in [6.45, 7) is 7.80. The highest BCUT2D eigenvalue weighted by molar-refractivity contribution is 5.76. The first-order valence-electron chi connectivity index (χ1n) is 8.06. The average Bonchev–Trinajstić information content (AvgIpc) is 3.00. The molecular weight excluding hydrogens is 262 g/mol. The molecule has 1 aromatic carbocycles. The van der Waals surface area contributed by atoms with Gasteiger partial charge in [0, 0.05) is 32.6 Å². The normalized spacial score (nSPS) is 14.5. The van der Waals surface area contributed by atoms with Crippen LogP contribution < -0.4 is 10.6 Å². The third-order valence-corrected chi connectivity index (χ3v) is 4.28. The zero-order valence-electron chi connectivity index (χ0n) is 13.3. The van der Waals surface area contributed by atoms with Crippen LogP contribution in [0.25, 0.3) is 0 Å². The summed E-state index contributed by atoms with van der Waals surface area (Å²) < 4.78 is 0. The lowest BCUT2D eigenvalue weighted by Gasteiger charge is -2.21. The van der Waals surface area contributed by atoms with Gasteiger partial charge in [-0.15, -0.1) is 0 Å². The van der Waals surface area contributed by atoms with Crippen molar-refractivity contribution in [1.29, 1.82) is 0 Å². The lowest BCUT2D eigenvalue weighted by molar-refractivity contribution is -0.130. The van der Waals surface area contributed by atoms with E-state index in [4.69, 9.17) is 5.73 Å². The van der Waals surface area contributed by atoms with Gasteiger partial charge in [-0.3, -0.25) is 4.79 Å². The summed E-state index contributed by atoms with van der Waals surface area (Å²) in [4.78, 5) is 16.3. The van der Waals surface area contributed by atoms with E-state index in [0.717, 1.165) is 49.5 Å². The van der Waals surface area contributed by atoms with Gasteiger partial charge in [-0.1, -0.05) is 6.07 Å². The van der Waals surface area contributed by atoms with Gasteiger partial charge in [0.2, 0.25) is 5.91 Å². The van der Waals surface area contributed by atoms with Gasteiger partial charge in [0.05, 0.1) is 11.4 Å². The number of carbonyl (C=O) groups excluding carboxylic acids is 1. The number of nitrogens with zero attached hydrogens (tertiary/aromatic N) is 2. The van der Waals surface area contributed by atoms with Gasteiger partial charge < -0.3 is 15.5 Å². The zero-order valence-corrected chi connectivity index (χ0v) is 13.3. The minimum absolute atomic E-state index is 0.224. The van der Waals surface area contributed by atoms with Crippen molar-refractivity contribution >= 4 is 17.3 Å². The van der Waals surface area contributed by atoms with Crippen LogP contribution in [-0.2, 0) is 11.2 Å². The lowest BCUT2D eigenvalue weighted by Crippen LogP contribution is -2.30. The maximum Gasteiger partial charge on any atom is 0.222 e. The van der Waals surface area contributed by atoms with Crippen molar-refractivity contribution < 1.29 is 4.79 Å². The largest absolute Gasteiger partial charge is 0.397 e. The van der Waals surface area contributed by atoms with E-state index in [2.05, 4.69) is 17.0 Å². The Kier molecular flexibility index (Phi) is 5.48. The number of hydrogen-bond acceptors (Lipinski definition) is 3. The zero-order chi connectivity index (χ0) is 15.2. The average molecular weight is 289 g/mol. The van der Waals surface area contributed by atoms with Crippen molar-refractivity contribution in [2.75, 3.05) is 36.8 Å². The second kappa shape index (κ2) is 7.34. The molecule has 1 aliphatic heterocycles. The molecule has 1 aromatic rings. The maximum atomic E-state index is 12.0. The first kappa shape index (κ1) is 15.7. The molecule has 0 bridgehead atoms. The third kappa shape index (κ3) is 3.90. The van der Waals surface area contributed by atoms with Crippen molar-refractivity contribution in [3.63, 3.8) is 0 Å². The van der Waals surface area contributed by atoms with Crippen LogP contribution in [0.2, 0.25) is 0 Å². The molecule has 0 saturated carbocycles. The Balaban J connectivity index is 1.95. The molecule has 4 heteroatoms. The summed E-state index contributed by atoms with van der Waals surface area (Å²) in [6.07, 6.45) is 3.82. The number of amides is 1. The summed E-state index contributed by atoms with van der Waals surface area (Å²) in [6, 6.07) is 6.25. The lowest BCUT2D eigenvalue weighted by atomic mass is 10.1. The minimum atomic E-state index is 0.224. The Morgan fingerprint density at radius 1 is 1.24 bits per heavy atom. The first-order valence-corrected chi connectivity index (χ1v) is 8.06. The van der Waals surface area contributed by atoms with Crippen LogP contribution in [0, 0.1) is 0 Å². The van der Waals surface area contributed by atoms with Crippen molar-refractivity contribution in [1.82, 2.24) is 4.90 Å². The van der Waals surface area contributed by atoms with E-state index >= 15 is 0 Å². The van der Waals surface area contributed by atoms with E-state index in [0.29, 0.717) is 6.42 Å². The van der Waals surface area contributed by atoms with Gasteiger partial charge in [0.25, 0.3) is 0 Å². The molecule has 0 atom stereocenters. The number of carbonyl (C=O) groups is 1. The second-order valence-electron chi connectivity index (χ2n) is 5.65. The third-order valence-electron chi connectivity index (χ3n) is 4.28. The molecule has 1 amide bonds. The summed E-state index contributed by atoms with van der Waals surface area (Å²) in [7, 11) is 0. The van der Waals surface area contributed by atoms with E-state index in [1.165, 1.54) is 12.8 Å². The van der Waals surface area contributed by atoms with Gasteiger partial charge >= 0.3 is 0 Å². The van der Waals surface area contributed by atoms with Crippen molar-refractivity contribution in [2.24, 2.45) is 0 Å². The van der Waals surface area contributed by atoms with Crippen molar-refractivity contribution in [3.05, 3.63) is 23.8 Å². The van der Waals surface area contributed by atoms with Gasteiger partial charge in [0.1, 0.15) is 0 Å². The molecular formula is C17H27N3O. The molecule has 21 heavy (non-hydrogen) atoms. The highest BCUT2D eigenvalue weighted by Gasteiger charge is 2.15. The SMILES string of the molecule is CCN(CC)C(=O)CCc1ccc(N2CCCC2)c(N)c1. The fourth-order valence-corrected chi connectivity index (χ4v) is 2.99. The van der Waals surface area contributed by atoms with E-state index < -0.39 is 0 Å². The second-order valence-corrected chi connectivity index (χ2v) is 5.65. The molecule has 1 heterocycles. The molecule has 0 aromatic heterocycles. The van der Waals surface area contributed by atoms with Crippen molar-refractivity contribution in [3.8, 4) is 0 Å². The van der Waals surface area contributed by atoms with Crippen LogP contribution in [0.15, 0.2) is 18.2 Å². The maximum absolute atomic E-state index is 12.0. The van der Waals surface area contributed by atoms with Gasteiger partial charge in [0.15, 0.2) is 0 Å². The van der Waals surface area contributed by atoms with Gasteiger partial charge in [-0.25, -0.2) is 0 Å². The number of anilines is 2. The predicted molar refractivity (Wildman–Crippen MR) is 88.6 cm³/mol. The Morgan fingerprint density at radius 2 is 1.90 bits per heavy atom. The quantitative estimate of drug-likeness (QED) is 0.819. The van der Waals surface area contributed by atoms with Crippen LogP contribution >= 0.6 is 0 Å². The topological polar surface area (TPSA) is 49.6 Å². The Morgan fingerprint density at radius 3 is 2.48 bits per heavy atom. The number of rotatable bonds is 6. The first-order chi connectivity index (χ1) is 10.2. The molecule has 2 rings (SSSR count). The predicted octanol–water partition coefficient (Wildman–Crippen LogP) is 2.67. The smallest absolute Gasteiger partial charge is 0.222 e. The summed E-state index contributed by atoms with van der Waals surface area (Å²) in [5, 5.41) is 0. The number of hydrogen-bond donors (Lipinski definition) is 1. The fourth-order valence-electron chi connectivity index (χ4n) is 2.99. The van der Waals surface area contributed by atoms with Crippen LogP contribution in [0.3, 0.4) is 0 Å².